The zero-order chi connectivity index (χ0) is 7.56. The van der Waals surface area contributed by atoms with Gasteiger partial charge in [-0.15, -0.1) is 0 Å². The first-order valence-corrected chi connectivity index (χ1v) is 3.14. The number of nitrogens with one attached hydrogen (secondary N) is 1. The van der Waals surface area contributed by atoms with Crippen LogP contribution in [0.5, 0.6) is 0 Å². The highest BCUT2D eigenvalue weighted by atomic mass is 14.9. The van der Waals surface area contributed by atoms with Gasteiger partial charge in [0.25, 0.3) is 0 Å². The third kappa shape index (κ3) is 1.03. The first-order valence-electron chi connectivity index (χ1n) is 3.14. The van der Waals surface area contributed by atoms with Gasteiger partial charge in [0, 0.05) is 6.20 Å². The summed E-state index contributed by atoms with van der Waals surface area (Å²) >= 11 is 0. The van der Waals surface area contributed by atoms with Crippen molar-refractivity contribution in [3.8, 4) is 0 Å². The first-order chi connectivity index (χ1) is 4.75. The van der Waals surface area contributed by atoms with Gasteiger partial charge >= 0.3 is 0 Å². The Bertz CT molecular complexity index is 247. The molecule has 3 heteroatoms. The molecular formula is C7H11N3. The standard InChI is InChI=1S/C7H11N3/c1-5-3-9-7(6(5)2)10-4-8/h3-4,9H,1-2H3,(H2,8,10). The van der Waals surface area contributed by atoms with Crippen LogP contribution in [-0.4, -0.2) is 11.3 Å². The first kappa shape index (κ1) is 6.86. The Kier molecular flexibility index (Phi) is 1.76. The second kappa shape index (κ2) is 2.56. The predicted molar refractivity (Wildman–Crippen MR) is 42.6 cm³/mol. The van der Waals surface area contributed by atoms with Crippen LogP contribution in [0.25, 0.3) is 0 Å². The lowest BCUT2D eigenvalue weighted by Gasteiger charge is -1.88. The minimum atomic E-state index is 0.847. The minimum absolute atomic E-state index is 0.847. The Balaban J connectivity index is 3.05. The summed E-state index contributed by atoms with van der Waals surface area (Å²) < 4.78 is 0. The van der Waals surface area contributed by atoms with Gasteiger partial charge in [-0.25, -0.2) is 4.99 Å². The summed E-state index contributed by atoms with van der Waals surface area (Å²) in [5.41, 5.74) is 7.49. The SMILES string of the molecule is Cc1c[nH]c(N=CN)c1C. The average molecular weight is 137 g/mol. The molecule has 0 aliphatic rings. The smallest absolute Gasteiger partial charge is 0.134 e. The molecule has 0 radical (unpaired) electrons. The topological polar surface area (TPSA) is 54.2 Å². The molecule has 0 amide bonds. The van der Waals surface area contributed by atoms with Crippen LogP contribution in [0.4, 0.5) is 5.82 Å². The molecule has 0 unspecified atom stereocenters. The summed E-state index contributed by atoms with van der Waals surface area (Å²) in [4.78, 5) is 6.92. The molecule has 0 aliphatic carbocycles. The van der Waals surface area contributed by atoms with E-state index < -0.39 is 0 Å². The molecule has 3 N–H and O–H groups in total. The van der Waals surface area contributed by atoms with Crippen LogP contribution in [0.3, 0.4) is 0 Å². The molecule has 0 saturated heterocycles. The average Bonchev–Trinajstić information content (AvgIpc) is 2.20. The molecule has 54 valence electrons. The van der Waals surface area contributed by atoms with Gasteiger partial charge in [0.05, 0.1) is 6.34 Å². The summed E-state index contributed by atoms with van der Waals surface area (Å²) in [7, 11) is 0. The van der Waals surface area contributed by atoms with Crippen molar-refractivity contribution >= 4 is 12.2 Å². The Morgan fingerprint density at radius 1 is 1.60 bits per heavy atom. The molecule has 0 saturated carbocycles. The van der Waals surface area contributed by atoms with Crippen LogP contribution < -0.4 is 5.73 Å². The maximum absolute atomic E-state index is 5.13. The quantitative estimate of drug-likeness (QED) is 0.444. The van der Waals surface area contributed by atoms with E-state index in [0.717, 1.165) is 11.4 Å². The van der Waals surface area contributed by atoms with Gasteiger partial charge < -0.3 is 10.7 Å². The van der Waals surface area contributed by atoms with Crippen LogP contribution in [0.2, 0.25) is 0 Å². The number of nitrogens with zero attached hydrogens (tertiary/aromatic N) is 1. The van der Waals surface area contributed by atoms with Crippen molar-refractivity contribution in [2.75, 3.05) is 0 Å². The van der Waals surface area contributed by atoms with Gasteiger partial charge in [-0.3, -0.25) is 0 Å². The molecule has 0 atom stereocenters. The Hall–Kier alpha value is -1.25. The molecule has 1 aromatic heterocycles. The zero-order valence-electron chi connectivity index (χ0n) is 6.18. The number of nitrogens with two attached hydrogens (primary N) is 1. The number of rotatable bonds is 1. The summed E-state index contributed by atoms with van der Waals surface area (Å²) in [6, 6.07) is 0. The molecule has 0 aliphatic heterocycles. The van der Waals surface area contributed by atoms with Crippen molar-refractivity contribution in [3.63, 3.8) is 0 Å². The Morgan fingerprint density at radius 2 is 2.30 bits per heavy atom. The summed E-state index contributed by atoms with van der Waals surface area (Å²) in [5, 5.41) is 0. The van der Waals surface area contributed by atoms with Gasteiger partial charge in [0.15, 0.2) is 0 Å². The summed E-state index contributed by atoms with van der Waals surface area (Å²) in [5.74, 6) is 0.847. The highest BCUT2D eigenvalue weighted by molar-refractivity contribution is 5.59. The van der Waals surface area contributed by atoms with E-state index in [9.17, 15) is 0 Å². The number of aromatic nitrogens is 1. The number of aliphatic imine (C=N–C) groups is 1. The van der Waals surface area contributed by atoms with E-state index in [4.69, 9.17) is 5.73 Å². The molecule has 0 fully saturated rings. The van der Waals surface area contributed by atoms with Gasteiger partial charge in [0.1, 0.15) is 5.82 Å². The fourth-order valence-electron chi connectivity index (χ4n) is 0.789. The molecule has 1 heterocycles. The van der Waals surface area contributed by atoms with Crippen molar-refractivity contribution in [3.05, 3.63) is 17.3 Å². The van der Waals surface area contributed by atoms with Gasteiger partial charge in [-0.05, 0) is 25.0 Å². The number of hydrogen-bond acceptors (Lipinski definition) is 1. The molecule has 3 nitrogen and oxygen atoms in total. The third-order valence-electron chi connectivity index (χ3n) is 1.58. The number of aryl methyl sites for hydroxylation is 1. The van der Waals surface area contributed by atoms with Gasteiger partial charge in [-0.2, -0.15) is 0 Å². The molecule has 0 spiro atoms. The lowest BCUT2D eigenvalue weighted by atomic mass is 10.2. The Morgan fingerprint density at radius 3 is 2.70 bits per heavy atom. The van der Waals surface area contributed by atoms with E-state index in [0.29, 0.717) is 0 Å². The summed E-state index contributed by atoms with van der Waals surface area (Å²) in [6.45, 7) is 4.04. The third-order valence-corrected chi connectivity index (χ3v) is 1.58. The van der Waals surface area contributed by atoms with Crippen molar-refractivity contribution in [1.82, 2.24) is 4.98 Å². The van der Waals surface area contributed by atoms with E-state index in [1.54, 1.807) is 0 Å². The van der Waals surface area contributed by atoms with Crippen LogP contribution >= 0.6 is 0 Å². The molecule has 0 bridgehead atoms. The fraction of sp³-hybridized carbons (Fsp3) is 0.286. The van der Waals surface area contributed by atoms with E-state index in [1.165, 1.54) is 11.9 Å². The van der Waals surface area contributed by atoms with Crippen molar-refractivity contribution < 1.29 is 0 Å². The van der Waals surface area contributed by atoms with E-state index in [1.807, 2.05) is 20.0 Å². The maximum atomic E-state index is 5.13. The van der Waals surface area contributed by atoms with E-state index in [2.05, 4.69) is 9.98 Å². The maximum Gasteiger partial charge on any atom is 0.134 e. The van der Waals surface area contributed by atoms with Crippen LogP contribution in [0.1, 0.15) is 11.1 Å². The lowest BCUT2D eigenvalue weighted by Crippen LogP contribution is -1.86. The molecule has 1 aromatic rings. The normalized spacial score (nSPS) is 11.0. The minimum Gasteiger partial charge on any atom is -0.390 e. The molecule has 10 heavy (non-hydrogen) atoms. The van der Waals surface area contributed by atoms with E-state index >= 15 is 0 Å². The van der Waals surface area contributed by atoms with Crippen LogP contribution in [0.15, 0.2) is 11.2 Å². The Labute approximate surface area is 60.0 Å². The molecule has 1 rings (SSSR count). The second-order valence-electron chi connectivity index (χ2n) is 2.22. The molecule has 0 aromatic carbocycles. The fourth-order valence-corrected chi connectivity index (χ4v) is 0.789. The van der Waals surface area contributed by atoms with Crippen molar-refractivity contribution in [2.24, 2.45) is 10.7 Å². The van der Waals surface area contributed by atoms with Gasteiger partial charge in [-0.1, -0.05) is 0 Å². The highest BCUT2D eigenvalue weighted by Crippen LogP contribution is 2.18. The lowest BCUT2D eigenvalue weighted by molar-refractivity contribution is 1.31. The number of H-pyrrole nitrogens is 1. The summed E-state index contributed by atoms with van der Waals surface area (Å²) in [6.07, 6.45) is 3.20. The highest BCUT2D eigenvalue weighted by Gasteiger charge is 1.98. The second-order valence-corrected chi connectivity index (χ2v) is 2.22. The monoisotopic (exact) mass is 137 g/mol. The zero-order valence-corrected chi connectivity index (χ0v) is 6.18. The number of aromatic amines is 1. The van der Waals surface area contributed by atoms with Crippen LogP contribution in [0, 0.1) is 13.8 Å². The predicted octanol–water partition coefficient (Wildman–Crippen LogP) is 1.25. The van der Waals surface area contributed by atoms with Gasteiger partial charge in [0.2, 0.25) is 0 Å². The molecular weight excluding hydrogens is 126 g/mol. The van der Waals surface area contributed by atoms with Crippen LogP contribution in [-0.2, 0) is 0 Å². The van der Waals surface area contributed by atoms with E-state index in [-0.39, 0.29) is 0 Å². The van der Waals surface area contributed by atoms with Crippen molar-refractivity contribution in [2.45, 2.75) is 13.8 Å². The largest absolute Gasteiger partial charge is 0.390 e. The van der Waals surface area contributed by atoms with Crippen molar-refractivity contribution in [1.29, 1.82) is 0 Å². The number of hydrogen-bond donors (Lipinski definition) is 2.